The molecule has 0 heterocycles. The molecule has 2 nitrogen and oxygen atoms in total. The van der Waals surface area contributed by atoms with Crippen molar-refractivity contribution in [2.45, 2.75) is 76.9 Å². The first-order valence-corrected chi connectivity index (χ1v) is 6.69. The van der Waals surface area contributed by atoms with Crippen LogP contribution in [0, 0.1) is 0 Å². The van der Waals surface area contributed by atoms with Crippen LogP contribution in [-0.4, -0.2) is 22.4 Å². The van der Waals surface area contributed by atoms with Crippen LogP contribution in [0.2, 0.25) is 0 Å². The van der Waals surface area contributed by atoms with E-state index in [9.17, 15) is 10.2 Å². The Hall–Kier alpha value is -0.340. The van der Waals surface area contributed by atoms with E-state index in [4.69, 9.17) is 0 Å². The molecule has 0 saturated carbocycles. The van der Waals surface area contributed by atoms with E-state index in [0.717, 1.165) is 12.8 Å². The lowest BCUT2D eigenvalue weighted by molar-refractivity contribution is 0.0958. The molecule has 0 aromatic rings. The molecule has 2 heteroatoms. The van der Waals surface area contributed by atoms with Crippen molar-refractivity contribution in [3.05, 3.63) is 12.7 Å². The largest absolute Gasteiger partial charge is 0.393 e. The fraction of sp³-hybridized carbons (Fsp3) is 0.857. The van der Waals surface area contributed by atoms with E-state index in [0.29, 0.717) is 6.42 Å². The van der Waals surface area contributed by atoms with Gasteiger partial charge in [0, 0.05) is 6.42 Å². The Bertz CT molecular complexity index is 157. The van der Waals surface area contributed by atoms with Gasteiger partial charge in [-0.3, -0.25) is 0 Å². The average molecular weight is 228 g/mol. The molecule has 0 aliphatic rings. The van der Waals surface area contributed by atoms with Crippen molar-refractivity contribution in [3.63, 3.8) is 0 Å². The van der Waals surface area contributed by atoms with Crippen molar-refractivity contribution in [2.24, 2.45) is 0 Å². The monoisotopic (exact) mass is 228 g/mol. The van der Waals surface area contributed by atoms with Crippen molar-refractivity contribution in [2.75, 3.05) is 0 Å². The zero-order chi connectivity index (χ0) is 12.2. The molecule has 0 amide bonds. The lowest BCUT2D eigenvalue weighted by Gasteiger charge is -2.12. The Morgan fingerprint density at radius 3 is 2.12 bits per heavy atom. The lowest BCUT2D eigenvalue weighted by atomic mass is 10.0. The van der Waals surface area contributed by atoms with E-state index in [2.05, 4.69) is 13.5 Å². The predicted molar refractivity (Wildman–Crippen MR) is 69.4 cm³/mol. The standard InChI is InChI=1S/C14H28O2/c1-3-5-6-7-8-9-10-11-14(16)12-13(15)4-2/h4,13-16H,2-3,5-12H2,1H3/t13-,14-/m0/s1. The van der Waals surface area contributed by atoms with Crippen LogP contribution in [0.1, 0.15) is 64.7 Å². The minimum Gasteiger partial charge on any atom is -0.393 e. The summed E-state index contributed by atoms with van der Waals surface area (Å²) in [6, 6.07) is 0. The maximum atomic E-state index is 9.58. The summed E-state index contributed by atoms with van der Waals surface area (Å²) in [7, 11) is 0. The van der Waals surface area contributed by atoms with E-state index >= 15 is 0 Å². The first kappa shape index (κ1) is 15.7. The Labute approximate surface area is 100 Å². The van der Waals surface area contributed by atoms with E-state index < -0.39 is 6.10 Å². The predicted octanol–water partition coefficient (Wildman–Crippen LogP) is 3.43. The number of aliphatic hydroxyl groups excluding tert-OH is 2. The van der Waals surface area contributed by atoms with Crippen molar-refractivity contribution >= 4 is 0 Å². The van der Waals surface area contributed by atoms with E-state index in [-0.39, 0.29) is 6.10 Å². The topological polar surface area (TPSA) is 40.5 Å². The van der Waals surface area contributed by atoms with E-state index in [1.165, 1.54) is 44.6 Å². The molecule has 0 aliphatic heterocycles. The molecule has 0 radical (unpaired) electrons. The highest BCUT2D eigenvalue weighted by atomic mass is 16.3. The molecule has 0 spiro atoms. The highest BCUT2D eigenvalue weighted by Crippen LogP contribution is 2.12. The zero-order valence-corrected chi connectivity index (χ0v) is 10.7. The van der Waals surface area contributed by atoms with Crippen LogP contribution in [0.4, 0.5) is 0 Å². The molecule has 0 rings (SSSR count). The molecule has 0 aliphatic carbocycles. The van der Waals surface area contributed by atoms with Gasteiger partial charge >= 0.3 is 0 Å². The molecule has 16 heavy (non-hydrogen) atoms. The second-order valence-electron chi connectivity index (χ2n) is 4.60. The summed E-state index contributed by atoms with van der Waals surface area (Å²) in [6.45, 7) is 5.71. The summed E-state index contributed by atoms with van der Waals surface area (Å²) >= 11 is 0. The molecule has 0 fully saturated rings. The summed E-state index contributed by atoms with van der Waals surface area (Å²) in [5.74, 6) is 0. The van der Waals surface area contributed by atoms with Crippen molar-refractivity contribution < 1.29 is 10.2 Å². The van der Waals surface area contributed by atoms with Crippen LogP contribution in [0.25, 0.3) is 0 Å². The van der Waals surface area contributed by atoms with Gasteiger partial charge in [0.25, 0.3) is 0 Å². The zero-order valence-electron chi connectivity index (χ0n) is 10.7. The van der Waals surface area contributed by atoms with Gasteiger partial charge in [-0.25, -0.2) is 0 Å². The van der Waals surface area contributed by atoms with Gasteiger partial charge in [0.2, 0.25) is 0 Å². The van der Waals surface area contributed by atoms with Crippen LogP contribution in [0.5, 0.6) is 0 Å². The quantitative estimate of drug-likeness (QED) is 0.420. The second kappa shape index (κ2) is 11.2. The third-order valence-corrected chi connectivity index (χ3v) is 2.93. The number of aliphatic hydroxyl groups is 2. The maximum Gasteiger partial charge on any atom is 0.0742 e. The Kier molecular flexibility index (Phi) is 10.9. The maximum absolute atomic E-state index is 9.58. The molecule has 0 unspecified atom stereocenters. The number of hydrogen-bond donors (Lipinski definition) is 2. The van der Waals surface area contributed by atoms with Gasteiger partial charge in [0.1, 0.15) is 0 Å². The number of rotatable bonds is 11. The smallest absolute Gasteiger partial charge is 0.0742 e. The van der Waals surface area contributed by atoms with Crippen LogP contribution >= 0.6 is 0 Å². The Morgan fingerprint density at radius 2 is 1.56 bits per heavy atom. The van der Waals surface area contributed by atoms with E-state index in [1.807, 2.05) is 0 Å². The van der Waals surface area contributed by atoms with Crippen LogP contribution in [0.15, 0.2) is 12.7 Å². The summed E-state index contributed by atoms with van der Waals surface area (Å²) in [5.41, 5.74) is 0. The lowest BCUT2D eigenvalue weighted by Crippen LogP contribution is -2.15. The van der Waals surface area contributed by atoms with Gasteiger partial charge in [-0.2, -0.15) is 0 Å². The van der Waals surface area contributed by atoms with Gasteiger partial charge in [0.15, 0.2) is 0 Å². The molecule has 0 aromatic heterocycles. The van der Waals surface area contributed by atoms with Gasteiger partial charge in [-0.05, 0) is 6.42 Å². The molecule has 0 saturated heterocycles. The summed E-state index contributed by atoms with van der Waals surface area (Å²) in [5, 5.41) is 18.8. The molecule has 96 valence electrons. The highest BCUT2D eigenvalue weighted by Gasteiger charge is 2.08. The fourth-order valence-corrected chi connectivity index (χ4v) is 1.83. The second-order valence-corrected chi connectivity index (χ2v) is 4.60. The molecule has 0 aromatic carbocycles. The fourth-order valence-electron chi connectivity index (χ4n) is 1.83. The van der Waals surface area contributed by atoms with Gasteiger partial charge in [-0.1, -0.05) is 57.9 Å². The molecule has 2 N–H and O–H groups in total. The van der Waals surface area contributed by atoms with Crippen LogP contribution in [-0.2, 0) is 0 Å². The van der Waals surface area contributed by atoms with Gasteiger partial charge in [-0.15, -0.1) is 6.58 Å². The molecule has 2 atom stereocenters. The van der Waals surface area contributed by atoms with Gasteiger partial charge < -0.3 is 10.2 Å². The molecular formula is C14H28O2. The Morgan fingerprint density at radius 1 is 1.00 bits per heavy atom. The average Bonchev–Trinajstić information content (AvgIpc) is 2.27. The minimum atomic E-state index is -0.556. The third-order valence-electron chi connectivity index (χ3n) is 2.93. The number of hydrogen-bond acceptors (Lipinski definition) is 2. The summed E-state index contributed by atoms with van der Waals surface area (Å²) in [6.07, 6.45) is 10.6. The minimum absolute atomic E-state index is 0.372. The first-order valence-electron chi connectivity index (χ1n) is 6.69. The van der Waals surface area contributed by atoms with Crippen molar-refractivity contribution in [1.29, 1.82) is 0 Å². The highest BCUT2D eigenvalue weighted by molar-refractivity contribution is 4.80. The van der Waals surface area contributed by atoms with Gasteiger partial charge in [0.05, 0.1) is 12.2 Å². The Balaban J connectivity index is 3.21. The normalized spacial score (nSPS) is 14.7. The third kappa shape index (κ3) is 10.2. The number of unbranched alkanes of at least 4 members (excludes halogenated alkanes) is 6. The van der Waals surface area contributed by atoms with E-state index in [1.54, 1.807) is 0 Å². The van der Waals surface area contributed by atoms with Crippen LogP contribution in [0.3, 0.4) is 0 Å². The first-order chi connectivity index (χ1) is 7.70. The van der Waals surface area contributed by atoms with Crippen molar-refractivity contribution in [1.82, 2.24) is 0 Å². The molecular weight excluding hydrogens is 200 g/mol. The van der Waals surface area contributed by atoms with Crippen LogP contribution < -0.4 is 0 Å². The van der Waals surface area contributed by atoms with Crippen molar-refractivity contribution in [3.8, 4) is 0 Å². The summed E-state index contributed by atoms with van der Waals surface area (Å²) < 4.78 is 0. The SMILES string of the molecule is C=C[C@H](O)C[C@@H](O)CCCCCCCCC. The summed E-state index contributed by atoms with van der Waals surface area (Å²) in [4.78, 5) is 0. The molecule has 0 bridgehead atoms.